The molecule has 2 amide bonds. The SMILES string of the molecule is CC1CN(C(=O)OC(C)(C)C)C(=O)C(c2[nH]c3cccc(Cl)c3c2N=[N+]=[N-])=C1O. The third-order valence-corrected chi connectivity index (χ3v) is 4.71. The van der Waals surface area contributed by atoms with E-state index in [1.54, 1.807) is 45.9 Å². The van der Waals surface area contributed by atoms with Crippen LogP contribution in [0.4, 0.5) is 10.5 Å². The molecule has 0 bridgehead atoms. The van der Waals surface area contributed by atoms with Crippen LogP contribution in [-0.2, 0) is 9.53 Å². The summed E-state index contributed by atoms with van der Waals surface area (Å²) in [5.74, 6) is -1.52. The minimum absolute atomic E-state index is 0.0408. The van der Waals surface area contributed by atoms with Gasteiger partial charge in [0.15, 0.2) is 0 Å². The molecule has 152 valence electrons. The van der Waals surface area contributed by atoms with Crippen molar-refractivity contribution < 1.29 is 19.4 Å². The quantitative estimate of drug-likeness (QED) is 0.382. The van der Waals surface area contributed by atoms with Gasteiger partial charge in [0.2, 0.25) is 0 Å². The van der Waals surface area contributed by atoms with Crippen LogP contribution in [0.1, 0.15) is 33.4 Å². The molecule has 1 aromatic carbocycles. The molecular formula is C19H20ClN5O4. The lowest BCUT2D eigenvalue weighted by molar-refractivity contribution is -0.125. The first-order valence-corrected chi connectivity index (χ1v) is 9.26. The molecule has 9 nitrogen and oxygen atoms in total. The van der Waals surface area contributed by atoms with E-state index in [1.165, 1.54) is 0 Å². The Balaban J connectivity index is 2.19. The molecule has 0 spiro atoms. The van der Waals surface area contributed by atoms with E-state index in [1.807, 2.05) is 0 Å². The van der Waals surface area contributed by atoms with Gasteiger partial charge in [-0.3, -0.25) is 4.79 Å². The van der Waals surface area contributed by atoms with Crippen LogP contribution in [-0.4, -0.2) is 39.1 Å². The van der Waals surface area contributed by atoms with E-state index in [2.05, 4.69) is 15.0 Å². The first-order chi connectivity index (χ1) is 13.5. The van der Waals surface area contributed by atoms with Gasteiger partial charge in [0.05, 0.1) is 16.4 Å². The predicted octanol–water partition coefficient (Wildman–Crippen LogP) is 5.45. The van der Waals surface area contributed by atoms with Gasteiger partial charge in [-0.05, 0) is 38.4 Å². The number of benzene rings is 1. The number of carbonyl (C=O) groups excluding carboxylic acids is 2. The van der Waals surface area contributed by atoms with E-state index in [-0.39, 0.29) is 29.3 Å². The lowest BCUT2D eigenvalue weighted by Gasteiger charge is -2.32. The van der Waals surface area contributed by atoms with E-state index in [4.69, 9.17) is 21.9 Å². The van der Waals surface area contributed by atoms with Crippen molar-refractivity contribution in [2.24, 2.45) is 11.0 Å². The molecule has 1 aliphatic rings. The largest absolute Gasteiger partial charge is 0.511 e. The van der Waals surface area contributed by atoms with E-state index in [0.29, 0.717) is 15.9 Å². The van der Waals surface area contributed by atoms with Gasteiger partial charge in [-0.1, -0.05) is 29.7 Å². The maximum atomic E-state index is 13.1. The van der Waals surface area contributed by atoms with Gasteiger partial charge in [-0.25, -0.2) is 9.69 Å². The van der Waals surface area contributed by atoms with Gasteiger partial charge >= 0.3 is 6.09 Å². The fourth-order valence-electron chi connectivity index (χ4n) is 3.16. The molecule has 2 N–H and O–H groups in total. The highest BCUT2D eigenvalue weighted by molar-refractivity contribution is 6.37. The second kappa shape index (κ2) is 7.35. The van der Waals surface area contributed by atoms with Gasteiger partial charge in [0.1, 0.15) is 16.9 Å². The Morgan fingerprint density at radius 3 is 2.76 bits per heavy atom. The molecule has 1 unspecified atom stereocenters. The maximum absolute atomic E-state index is 13.1. The Hall–Kier alpha value is -3.16. The van der Waals surface area contributed by atoms with Gasteiger partial charge in [0.25, 0.3) is 5.91 Å². The van der Waals surface area contributed by atoms with Gasteiger partial charge < -0.3 is 14.8 Å². The number of carbonyl (C=O) groups is 2. The number of aliphatic hydroxyl groups is 1. The van der Waals surface area contributed by atoms with E-state index in [9.17, 15) is 14.7 Å². The normalized spacial score (nSPS) is 17.5. The monoisotopic (exact) mass is 417 g/mol. The lowest BCUT2D eigenvalue weighted by atomic mass is 9.95. The van der Waals surface area contributed by atoms with Gasteiger partial charge in [-0.15, -0.1) is 0 Å². The molecule has 29 heavy (non-hydrogen) atoms. The Bertz CT molecular complexity index is 1090. The molecule has 3 rings (SSSR count). The fourth-order valence-corrected chi connectivity index (χ4v) is 3.42. The van der Waals surface area contributed by atoms with Crippen molar-refractivity contribution in [1.82, 2.24) is 9.88 Å². The van der Waals surface area contributed by atoms with E-state index >= 15 is 0 Å². The van der Waals surface area contributed by atoms with Crippen molar-refractivity contribution in [3.8, 4) is 0 Å². The molecule has 0 saturated carbocycles. The van der Waals surface area contributed by atoms with Crippen molar-refractivity contribution in [1.29, 1.82) is 0 Å². The maximum Gasteiger partial charge on any atom is 0.417 e. The van der Waals surface area contributed by atoms with Crippen LogP contribution < -0.4 is 0 Å². The van der Waals surface area contributed by atoms with Crippen LogP contribution in [0.25, 0.3) is 26.9 Å². The average Bonchev–Trinajstić information content (AvgIpc) is 2.97. The first kappa shape index (κ1) is 20.6. The summed E-state index contributed by atoms with van der Waals surface area (Å²) in [6.45, 7) is 6.70. The molecule has 0 aliphatic carbocycles. The second-order valence-corrected chi connectivity index (χ2v) is 8.17. The molecule has 2 heterocycles. The Morgan fingerprint density at radius 2 is 2.14 bits per heavy atom. The molecule has 1 aromatic heterocycles. The Kier molecular flexibility index (Phi) is 5.21. The topological polar surface area (TPSA) is 131 Å². The predicted molar refractivity (Wildman–Crippen MR) is 109 cm³/mol. The van der Waals surface area contributed by atoms with Crippen LogP contribution in [0.3, 0.4) is 0 Å². The number of hydrogen-bond donors (Lipinski definition) is 2. The lowest BCUT2D eigenvalue weighted by Crippen LogP contribution is -2.46. The summed E-state index contributed by atoms with van der Waals surface area (Å²) in [6.07, 6.45) is -0.821. The molecular weight excluding hydrogens is 398 g/mol. The summed E-state index contributed by atoms with van der Waals surface area (Å²) in [4.78, 5) is 32.4. The summed E-state index contributed by atoms with van der Waals surface area (Å²) in [7, 11) is 0. The number of aliphatic hydroxyl groups excluding tert-OH is 1. The van der Waals surface area contributed by atoms with Crippen molar-refractivity contribution in [3.05, 3.63) is 45.1 Å². The highest BCUT2D eigenvalue weighted by atomic mass is 35.5. The number of imide groups is 1. The third-order valence-electron chi connectivity index (χ3n) is 4.39. The number of nitrogens with zero attached hydrogens (tertiary/aromatic N) is 4. The molecule has 0 fully saturated rings. The number of aromatic amines is 1. The number of azide groups is 1. The fraction of sp³-hybridized carbons (Fsp3) is 0.368. The van der Waals surface area contributed by atoms with Crippen molar-refractivity contribution in [3.63, 3.8) is 0 Å². The van der Waals surface area contributed by atoms with Crippen molar-refractivity contribution >= 4 is 45.8 Å². The minimum atomic E-state index is -0.821. The zero-order chi connectivity index (χ0) is 21.5. The van der Waals surface area contributed by atoms with E-state index < -0.39 is 23.5 Å². The molecule has 1 aliphatic heterocycles. The van der Waals surface area contributed by atoms with Crippen molar-refractivity contribution in [2.45, 2.75) is 33.3 Å². The van der Waals surface area contributed by atoms with Gasteiger partial charge in [0, 0.05) is 28.3 Å². The van der Waals surface area contributed by atoms with Crippen LogP contribution in [0.2, 0.25) is 5.02 Å². The zero-order valence-corrected chi connectivity index (χ0v) is 17.1. The standard InChI is InChI=1S/C19H20ClN5O4/c1-9-8-25(18(28)29-19(2,3)4)17(27)13(16(9)26)14-15(23-24-21)12-10(20)6-5-7-11(12)22-14/h5-7,9,22,26H,8H2,1-4H3. The number of H-pyrrole nitrogens is 1. The number of aromatic nitrogens is 1. The van der Waals surface area contributed by atoms with Crippen LogP contribution in [0.5, 0.6) is 0 Å². The first-order valence-electron chi connectivity index (χ1n) is 8.88. The molecule has 2 aromatic rings. The highest BCUT2D eigenvalue weighted by Crippen LogP contribution is 2.42. The smallest absolute Gasteiger partial charge is 0.417 e. The van der Waals surface area contributed by atoms with Crippen molar-refractivity contribution in [2.75, 3.05) is 6.54 Å². The number of rotatable bonds is 2. The second-order valence-electron chi connectivity index (χ2n) is 7.76. The Morgan fingerprint density at radius 1 is 1.45 bits per heavy atom. The summed E-state index contributed by atoms with van der Waals surface area (Å²) in [6, 6.07) is 5.00. The minimum Gasteiger partial charge on any atom is -0.511 e. The van der Waals surface area contributed by atoms with E-state index in [0.717, 1.165) is 4.90 Å². The molecule has 1 atom stereocenters. The van der Waals surface area contributed by atoms with Crippen LogP contribution in [0, 0.1) is 5.92 Å². The summed E-state index contributed by atoms with van der Waals surface area (Å²) >= 11 is 6.25. The summed E-state index contributed by atoms with van der Waals surface area (Å²) < 4.78 is 5.32. The number of halogens is 1. The zero-order valence-electron chi connectivity index (χ0n) is 16.4. The Labute approximate surface area is 171 Å². The summed E-state index contributed by atoms with van der Waals surface area (Å²) in [5.41, 5.74) is 8.74. The average molecular weight is 418 g/mol. The molecule has 10 heteroatoms. The molecule has 0 saturated heterocycles. The highest BCUT2D eigenvalue weighted by Gasteiger charge is 2.39. The number of nitrogens with one attached hydrogen (secondary N) is 1. The molecule has 0 radical (unpaired) electrons. The number of amides is 2. The number of fused-ring (bicyclic) bond motifs is 1. The van der Waals surface area contributed by atoms with Gasteiger partial charge in [-0.2, -0.15) is 0 Å². The number of ether oxygens (including phenoxy) is 1. The third kappa shape index (κ3) is 3.74. The van der Waals surface area contributed by atoms with Crippen LogP contribution in [0.15, 0.2) is 29.1 Å². The number of hydrogen-bond acceptors (Lipinski definition) is 5. The summed E-state index contributed by atoms with van der Waals surface area (Å²) in [5, 5.41) is 15.1. The van der Waals surface area contributed by atoms with Crippen LogP contribution >= 0.6 is 11.6 Å².